The van der Waals surface area contributed by atoms with Crippen LogP contribution in [0.25, 0.3) is 0 Å². The third kappa shape index (κ3) is 1.52. The first-order valence-corrected chi connectivity index (χ1v) is 5.05. The summed E-state index contributed by atoms with van der Waals surface area (Å²) in [5, 5.41) is 10.8. The molecule has 3 atom stereocenters. The molecule has 0 bridgehead atoms. The second-order valence-electron chi connectivity index (χ2n) is 4.07. The fourth-order valence-electron chi connectivity index (χ4n) is 2.28. The van der Waals surface area contributed by atoms with Crippen LogP contribution in [0.1, 0.15) is 6.92 Å². The van der Waals surface area contributed by atoms with Crippen LogP contribution in [0, 0.1) is 22.0 Å². The molecule has 1 fully saturated rings. The van der Waals surface area contributed by atoms with E-state index in [2.05, 4.69) is 0 Å². The highest BCUT2D eigenvalue weighted by atomic mass is 16.6. The molecule has 0 spiro atoms. The van der Waals surface area contributed by atoms with Gasteiger partial charge < -0.3 is 0 Å². The van der Waals surface area contributed by atoms with Gasteiger partial charge >= 0.3 is 0 Å². The van der Waals surface area contributed by atoms with Crippen LogP contribution in [0.5, 0.6) is 0 Å². The minimum atomic E-state index is -1.35. The van der Waals surface area contributed by atoms with Gasteiger partial charge in [-0.1, -0.05) is 12.2 Å². The molecule has 0 amide bonds. The van der Waals surface area contributed by atoms with Gasteiger partial charge in [-0.25, -0.2) is 0 Å². The molecule has 0 N–H and O–H groups in total. The van der Waals surface area contributed by atoms with Crippen molar-refractivity contribution in [1.29, 1.82) is 0 Å². The van der Waals surface area contributed by atoms with Crippen molar-refractivity contribution in [3.05, 3.63) is 33.9 Å². The van der Waals surface area contributed by atoms with E-state index in [1.54, 1.807) is 0 Å². The van der Waals surface area contributed by atoms with Crippen LogP contribution in [0.2, 0.25) is 0 Å². The van der Waals surface area contributed by atoms with Crippen molar-refractivity contribution < 1.29 is 19.3 Å². The normalized spacial score (nSPS) is 31.1. The summed E-state index contributed by atoms with van der Waals surface area (Å²) in [5.41, 5.74) is 0.0828. The lowest BCUT2D eigenvalue weighted by Gasteiger charge is -2.14. The van der Waals surface area contributed by atoms with Crippen LogP contribution in [0.15, 0.2) is 23.8 Å². The van der Waals surface area contributed by atoms with Crippen molar-refractivity contribution in [3.63, 3.8) is 0 Å². The molecule has 0 aliphatic heterocycles. The van der Waals surface area contributed by atoms with E-state index in [0.717, 1.165) is 6.92 Å². The number of rotatable bonds is 2. The third-order valence-corrected chi connectivity index (χ3v) is 3.05. The number of hydrogen-bond acceptors (Lipinski definition) is 5. The predicted molar refractivity (Wildman–Crippen MR) is 55.7 cm³/mol. The summed E-state index contributed by atoms with van der Waals surface area (Å²) in [6, 6.07) is -1.24. The van der Waals surface area contributed by atoms with E-state index < -0.39 is 40.2 Å². The molecular formula is C11H9NO5. The van der Waals surface area contributed by atoms with Gasteiger partial charge in [0.05, 0.1) is 0 Å². The molecule has 0 aromatic rings. The average Bonchev–Trinajstić information content (AvgIpc) is 2.51. The maximum absolute atomic E-state index is 11.9. The second-order valence-corrected chi connectivity index (χ2v) is 4.07. The van der Waals surface area contributed by atoms with Crippen molar-refractivity contribution in [2.45, 2.75) is 13.0 Å². The topological polar surface area (TPSA) is 94.3 Å². The van der Waals surface area contributed by atoms with Crippen LogP contribution >= 0.6 is 0 Å². The Morgan fingerprint density at radius 3 is 2.59 bits per heavy atom. The fourth-order valence-corrected chi connectivity index (χ4v) is 2.28. The van der Waals surface area contributed by atoms with Crippen LogP contribution in [0.4, 0.5) is 0 Å². The summed E-state index contributed by atoms with van der Waals surface area (Å²) in [6.07, 6.45) is 4.03. The van der Waals surface area contributed by atoms with Gasteiger partial charge in [-0.05, 0) is 13.0 Å². The van der Waals surface area contributed by atoms with E-state index in [1.165, 1.54) is 18.2 Å². The lowest BCUT2D eigenvalue weighted by atomic mass is 9.89. The van der Waals surface area contributed by atoms with Gasteiger partial charge in [0.2, 0.25) is 6.04 Å². The first-order valence-electron chi connectivity index (χ1n) is 5.05. The molecule has 2 aliphatic rings. The molecule has 17 heavy (non-hydrogen) atoms. The lowest BCUT2D eigenvalue weighted by Crippen LogP contribution is -2.34. The van der Waals surface area contributed by atoms with Crippen molar-refractivity contribution in [2.75, 3.05) is 0 Å². The van der Waals surface area contributed by atoms with Gasteiger partial charge in [0, 0.05) is 10.5 Å². The Bertz CT molecular complexity index is 502. The van der Waals surface area contributed by atoms with E-state index in [9.17, 15) is 24.5 Å². The molecule has 6 nitrogen and oxygen atoms in total. The molecule has 1 saturated carbocycles. The second kappa shape index (κ2) is 3.73. The number of fused-ring (bicyclic) bond motifs is 1. The van der Waals surface area contributed by atoms with E-state index in [-0.39, 0.29) is 5.57 Å². The number of carbonyl (C=O) groups is 3. The molecule has 0 heterocycles. The number of nitro groups is 1. The zero-order chi connectivity index (χ0) is 12.7. The van der Waals surface area contributed by atoms with Crippen LogP contribution in [0.3, 0.4) is 0 Å². The molecular weight excluding hydrogens is 226 g/mol. The summed E-state index contributed by atoms with van der Waals surface area (Å²) in [5.74, 6) is -4.26. The summed E-state index contributed by atoms with van der Waals surface area (Å²) in [6.45, 7) is 1.15. The molecule has 88 valence electrons. The first kappa shape index (κ1) is 11.4. The Hall–Kier alpha value is -2.11. The Kier molecular flexibility index (Phi) is 2.49. The maximum Gasteiger partial charge on any atom is 0.245 e. The quantitative estimate of drug-likeness (QED) is 0.384. The van der Waals surface area contributed by atoms with Gasteiger partial charge in [0.1, 0.15) is 17.6 Å². The standard InChI is InChI=1S/C11H9NO5/c1-5(13)8-10(14)6-3-2-4-7(12(16)17)9(6)11(8)15/h2-4,7-9H,1H3. The van der Waals surface area contributed by atoms with Crippen molar-refractivity contribution in [3.8, 4) is 0 Å². The lowest BCUT2D eigenvalue weighted by molar-refractivity contribution is -0.514. The molecule has 6 heteroatoms. The van der Waals surface area contributed by atoms with Crippen molar-refractivity contribution in [2.24, 2.45) is 11.8 Å². The van der Waals surface area contributed by atoms with Gasteiger partial charge in [0.15, 0.2) is 11.6 Å². The highest BCUT2D eigenvalue weighted by molar-refractivity contribution is 6.31. The summed E-state index contributed by atoms with van der Waals surface area (Å²) in [7, 11) is 0. The molecule has 0 aromatic carbocycles. The SMILES string of the molecule is CC(=O)C1C(=O)C2=CC=CC([N+](=O)[O-])C2C1=O. The number of Topliss-reactive ketones (excluding diaryl/α,β-unsaturated/α-hetero) is 3. The molecule has 0 saturated heterocycles. The maximum atomic E-state index is 11.9. The fraction of sp³-hybridized carbons (Fsp3) is 0.364. The number of nitrogens with zero attached hydrogens (tertiary/aromatic N) is 1. The number of hydrogen-bond donors (Lipinski definition) is 0. The first-order chi connectivity index (χ1) is 7.95. The highest BCUT2D eigenvalue weighted by Crippen LogP contribution is 2.36. The number of allylic oxidation sites excluding steroid dienone is 2. The summed E-state index contributed by atoms with van der Waals surface area (Å²) >= 11 is 0. The van der Waals surface area contributed by atoms with E-state index >= 15 is 0 Å². The Balaban J connectivity index is 2.47. The molecule has 0 radical (unpaired) electrons. The van der Waals surface area contributed by atoms with Gasteiger partial charge in [0.25, 0.3) is 0 Å². The minimum Gasteiger partial charge on any atom is -0.299 e. The van der Waals surface area contributed by atoms with Crippen LogP contribution < -0.4 is 0 Å². The Morgan fingerprint density at radius 1 is 1.41 bits per heavy atom. The van der Waals surface area contributed by atoms with Gasteiger partial charge in [-0.3, -0.25) is 24.5 Å². The molecule has 0 aromatic heterocycles. The van der Waals surface area contributed by atoms with Crippen LogP contribution in [-0.2, 0) is 14.4 Å². The molecule has 2 aliphatic carbocycles. The molecule has 2 rings (SSSR count). The smallest absolute Gasteiger partial charge is 0.245 e. The van der Waals surface area contributed by atoms with Crippen molar-refractivity contribution >= 4 is 17.3 Å². The zero-order valence-corrected chi connectivity index (χ0v) is 8.95. The summed E-state index contributed by atoms with van der Waals surface area (Å²) in [4.78, 5) is 45.1. The Labute approximate surface area is 96.1 Å². The number of ketones is 3. The van der Waals surface area contributed by atoms with Crippen LogP contribution in [-0.4, -0.2) is 28.3 Å². The average molecular weight is 235 g/mol. The summed E-state index contributed by atoms with van der Waals surface area (Å²) < 4.78 is 0. The molecule has 3 unspecified atom stereocenters. The number of carbonyl (C=O) groups excluding carboxylic acids is 3. The zero-order valence-electron chi connectivity index (χ0n) is 8.95. The Morgan fingerprint density at radius 2 is 2.06 bits per heavy atom. The monoisotopic (exact) mass is 235 g/mol. The largest absolute Gasteiger partial charge is 0.299 e. The highest BCUT2D eigenvalue weighted by Gasteiger charge is 2.54. The van der Waals surface area contributed by atoms with Gasteiger partial charge in [-0.2, -0.15) is 0 Å². The van der Waals surface area contributed by atoms with Crippen molar-refractivity contribution in [1.82, 2.24) is 0 Å². The van der Waals surface area contributed by atoms with E-state index in [0.29, 0.717) is 0 Å². The third-order valence-electron chi connectivity index (χ3n) is 3.05. The van der Waals surface area contributed by atoms with E-state index in [1.807, 2.05) is 0 Å². The van der Waals surface area contributed by atoms with Gasteiger partial charge in [-0.15, -0.1) is 0 Å². The minimum absolute atomic E-state index is 0.0828. The predicted octanol–water partition coefficient (Wildman–Crippen LogP) is 0.101. The van der Waals surface area contributed by atoms with E-state index in [4.69, 9.17) is 0 Å².